The molecule has 0 rings (SSSR count). The van der Waals surface area contributed by atoms with Gasteiger partial charge in [0.25, 0.3) is 0 Å². The summed E-state index contributed by atoms with van der Waals surface area (Å²) in [7, 11) is 4.51. The standard InChI is InChI=1S/C4H12B2/c1-2-4(6)3-5/h4H,2-3,5-6H2,1H3. The van der Waals surface area contributed by atoms with Gasteiger partial charge in [-0.05, 0) is 0 Å². The lowest BCUT2D eigenvalue weighted by Gasteiger charge is -1.98. The van der Waals surface area contributed by atoms with Crippen molar-refractivity contribution in [3.8, 4) is 0 Å². The first kappa shape index (κ1) is 6.13. The minimum atomic E-state index is 0.935. The van der Waals surface area contributed by atoms with Gasteiger partial charge in [0.2, 0.25) is 0 Å². The SMILES string of the molecule is BCC(B)CC. The lowest BCUT2D eigenvalue weighted by atomic mass is 9.75. The van der Waals surface area contributed by atoms with E-state index in [4.69, 9.17) is 0 Å². The summed E-state index contributed by atoms with van der Waals surface area (Å²) < 4.78 is 0. The molecule has 0 aliphatic carbocycles. The molecule has 0 amide bonds. The highest BCUT2D eigenvalue weighted by atomic mass is 13.8. The first-order valence-corrected chi connectivity index (χ1v) is 2.81. The monoisotopic (exact) mass is 82.1 g/mol. The molecule has 0 N–H and O–H groups in total. The van der Waals surface area contributed by atoms with Crippen molar-refractivity contribution in [3.63, 3.8) is 0 Å². The average Bonchev–Trinajstić information content (AvgIpc) is 1.65. The van der Waals surface area contributed by atoms with Crippen molar-refractivity contribution in [3.05, 3.63) is 0 Å². The van der Waals surface area contributed by atoms with E-state index in [2.05, 4.69) is 22.6 Å². The van der Waals surface area contributed by atoms with E-state index in [0.717, 1.165) is 5.82 Å². The number of hydrogen-bond donors (Lipinski definition) is 0. The molecule has 0 heterocycles. The fourth-order valence-corrected chi connectivity index (χ4v) is 0.289. The van der Waals surface area contributed by atoms with Crippen LogP contribution in [0.15, 0.2) is 0 Å². The van der Waals surface area contributed by atoms with E-state index in [1.54, 1.807) is 0 Å². The summed E-state index contributed by atoms with van der Waals surface area (Å²) in [4.78, 5) is 0. The highest BCUT2D eigenvalue weighted by molar-refractivity contribution is 6.18. The van der Waals surface area contributed by atoms with Gasteiger partial charge in [0.05, 0.1) is 0 Å². The predicted molar refractivity (Wildman–Crippen MR) is 35.9 cm³/mol. The third-order valence-electron chi connectivity index (χ3n) is 1.39. The zero-order chi connectivity index (χ0) is 4.99. The van der Waals surface area contributed by atoms with Crippen LogP contribution in [0.3, 0.4) is 0 Å². The molecule has 0 saturated carbocycles. The largest absolute Gasteiger partial charge is 0.104 e. The summed E-state index contributed by atoms with van der Waals surface area (Å²) >= 11 is 0. The molecule has 0 radical (unpaired) electrons. The normalized spacial score (nSPS) is 14.2. The Morgan fingerprint density at radius 1 is 1.67 bits per heavy atom. The maximum atomic E-state index is 2.28. The molecule has 0 aromatic carbocycles. The number of hydrogen-bond acceptors (Lipinski definition) is 0. The Morgan fingerprint density at radius 2 is 2.17 bits per heavy atom. The molecule has 0 fully saturated rings. The molecule has 2 heteroatoms. The van der Waals surface area contributed by atoms with Crippen LogP contribution in [0.25, 0.3) is 0 Å². The molecule has 0 spiro atoms. The molecule has 34 valence electrons. The zero-order valence-corrected chi connectivity index (χ0v) is 4.99. The predicted octanol–water partition coefficient (Wildman–Crippen LogP) is -0.131. The second-order valence-electron chi connectivity index (χ2n) is 1.92. The Balaban J connectivity index is 2.75. The van der Waals surface area contributed by atoms with Crippen molar-refractivity contribution in [1.82, 2.24) is 0 Å². The maximum absolute atomic E-state index is 2.28. The summed E-state index contributed by atoms with van der Waals surface area (Å²) in [5.74, 6) is 0.935. The van der Waals surface area contributed by atoms with Crippen molar-refractivity contribution in [2.45, 2.75) is 25.5 Å². The summed E-state index contributed by atoms with van der Waals surface area (Å²) in [5, 5.41) is 0. The quantitative estimate of drug-likeness (QED) is 0.407. The summed E-state index contributed by atoms with van der Waals surface area (Å²) in [6.07, 6.45) is 2.66. The highest BCUT2D eigenvalue weighted by Crippen LogP contribution is 2.05. The van der Waals surface area contributed by atoms with Gasteiger partial charge in [-0.2, -0.15) is 0 Å². The van der Waals surface area contributed by atoms with Gasteiger partial charge in [-0.1, -0.05) is 25.5 Å². The summed E-state index contributed by atoms with van der Waals surface area (Å²) in [6, 6.07) is 0. The fraction of sp³-hybridized carbons (Fsp3) is 1.00. The summed E-state index contributed by atoms with van der Waals surface area (Å²) in [6.45, 7) is 2.23. The van der Waals surface area contributed by atoms with E-state index in [9.17, 15) is 0 Å². The van der Waals surface area contributed by atoms with E-state index in [0.29, 0.717) is 0 Å². The smallest absolute Gasteiger partial charge is 0.0852 e. The zero-order valence-electron chi connectivity index (χ0n) is 4.99. The molecule has 0 bridgehead atoms. The van der Waals surface area contributed by atoms with Gasteiger partial charge in [0.15, 0.2) is 0 Å². The van der Waals surface area contributed by atoms with Crippen LogP contribution < -0.4 is 0 Å². The number of rotatable bonds is 2. The van der Waals surface area contributed by atoms with E-state index in [1.165, 1.54) is 12.7 Å². The Morgan fingerprint density at radius 3 is 2.17 bits per heavy atom. The first-order chi connectivity index (χ1) is 2.81. The van der Waals surface area contributed by atoms with E-state index >= 15 is 0 Å². The average molecular weight is 81.8 g/mol. The molecular formula is C4H12B2. The second-order valence-corrected chi connectivity index (χ2v) is 1.92. The molecule has 1 atom stereocenters. The van der Waals surface area contributed by atoms with Gasteiger partial charge >= 0.3 is 0 Å². The second kappa shape index (κ2) is 3.32. The summed E-state index contributed by atoms with van der Waals surface area (Å²) in [5.41, 5.74) is 0. The van der Waals surface area contributed by atoms with Gasteiger partial charge < -0.3 is 0 Å². The topological polar surface area (TPSA) is 0 Å². The van der Waals surface area contributed by atoms with Gasteiger partial charge in [0.1, 0.15) is 15.7 Å². The minimum Gasteiger partial charge on any atom is -0.0852 e. The van der Waals surface area contributed by atoms with Gasteiger partial charge in [0, 0.05) is 0 Å². The van der Waals surface area contributed by atoms with E-state index < -0.39 is 0 Å². The lowest BCUT2D eigenvalue weighted by molar-refractivity contribution is 0.878. The Kier molecular flexibility index (Phi) is 3.40. The van der Waals surface area contributed by atoms with E-state index in [1.807, 2.05) is 0 Å². The highest BCUT2D eigenvalue weighted by Gasteiger charge is 1.89. The van der Waals surface area contributed by atoms with E-state index in [-0.39, 0.29) is 0 Å². The van der Waals surface area contributed by atoms with Crippen LogP contribution in [0.4, 0.5) is 0 Å². The Hall–Kier alpha value is 0.130. The van der Waals surface area contributed by atoms with Crippen molar-refractivity contribution in [1.29, 1.82) is 0 Å². The van der Waals surface area contributed by atoms with Crippen molar-refractivity contribution in [2.75, 3.05) is 0 Å². The molecule has 0 aliphatic heterocycles. The van der Waals surface area contributed by atoms with Crippen LogP contribution >= 0.6 is 0 Å². The van der Waals surface area contributed by atoms with Crippen LogP contribution in [0.5, 0.6) is 0 Å². The molecule has 0 aromatic rings. The van der Waals surface area contributed by atoms with Crippen LogP contribution in [0.1, 0.15) is 13.3 Å². The Bertz CT molecular complexity index is 24.7. The lowest BCUT2D eigenvalue weighted by Crippen LogP contribution is -1.85. The van der Waals surface area contributed by atoms with Gasteiger partial charge in [-0.15, -0.1) is 0 Å². The molecule has 1 unspecified atom stereocenters. The van der Waals surface area contributed by atoms with Crippen molar-refractivity contribution < 1.29 is 0 Å². The van der Waals surface area contributed by atoms with Crippen LogP contribution in [0.2, 0.25) is 12.1 Å². The maximum Gasteiger partial charge on any atom is 0.104 e. The van der Waals surface area contributed by atoms with Crippen molar-refractivity contribution in [2.24, 2.45) is 0 Å². The van der Waals surface area contributed by atoms with Crippen LogP contribution in [-0.4, -0.2) is 15.7 Å². The molecule has 0 aromatic heterocycles. The Labute approximate surface area is 42.1 Å². The molecule has 6 heavy (non-hydrogen) atoms. The third-order valence-corrected chi connectivity index (χ3v) is 1.39. The molecule has 0 saturated heterocycles. The van der Waals surface area contributed by atoms with Crippen LogP contribution in [0, 0.1) is 0 Å². The van der Waals surface area contributed by atoms with Gasteiger partial charge in [-0.25, -0.2) is 0 Å². The first-order valence-electron chi connectivity index (χ1n) is 2.81. The molecule has 0 aliphatic rings. The molecular weight excluding hydrogens is 69.7 g/mol. The minimum absolute atomic E-state index is 0.935. The van der Waals surface area contributed by atoms with Crippen LogP contribution in [-0.2, 0) is 0 Å². The van der Waals surface area contributed by atoms with Crippen molar-refractivity contribution >= 4 is 15.7 Å². The third kappa shape index (κ3) is 2.37. The fourth-order valence-electron chi connectivity index (χ4n) is 0.289. The molecule has 0 nitrogen and oxygen atoms in total. The van der Waals surface area contributed by atoms with Gasteiger partial charge in [-0.3, -0.25) is 0 Å².